The quantitative estimate of drug-likeness (QED) is 0.844. The Morgan fingerprint density at radius 2 is 2.00 bits per heavy atom. The number of aryl methyl sites for hydroxylation is 2. The van der Waals surface area contributed by atoms with Crippen LogP contribution in [0.25, 0.3) is 0 Å². The summed E-state index contributed by atoms with van der Waals surface area (Å²) in [5.41, 5.74) is 9.93. The molecule has 2 N–H and O–H groups in total. The molecule has 0 fully saturated rings. The van der Waals surface area contributed by atoms with E-state index in [1.54, 1.807) is 7.11 Å². The van der Waals surface area contributed by atoms with E-state index in [9.17, 15) is 0 Å². The fourth-order valence-corrected chi connectivity index (χ4v) is 2.53. The van der Waals surface area contributed by atoms with Gasteiger partial charge >= 0.3 is 0 Å². The van der Waals surface area contributed by atoms with Crippen LogP contribution in [0.4, 0.5) is 0 Å². The Morgan fingerprint density at radius 3 is 2.69 bits per heavy atom. The first-order valence-corrected chi connectivity index (χ1v) is 6.19. The van der Waals surface area contributed by atoms with Crippen LogP contribution in [0.1, 0.15) is 42.1 Å². The third-order valence-electron chi connectivity index (χ3n) is 3.46. The minimum absolute atomic E-state index is 0.164. The molecule has 1 aliphatic carbocycles. The first kappa shape index (κ1) is 11.6. The fraction of sp³-hybridized carbons (Fsp3) is 0.571. The second-order valence-corrected chi connectivity index (χ2v) is 4.54. The van der Waals surface area contributed by atoms with Gasteiger partial charge in [-0.3, -0.25) is 0 Å². The molecule has 2 nitrogen and oxygen atoms in total. The lowest BCUT2D eigenvalue weighted by Crippen LogP contribution is -2.11. The van der Waals surface area contributed by atoms with Crippen LogP contribution >= 0.6 is 0 Å². The molecule has 1 aromatic carbocycles. The molecule has 1 unspecified atom stereocenters. The van der Waals surface area contributed by atoms with E-state index in [4.69, 9.17) is 10.5 Å². The van der Waals surface area contributed by atoms with Crippen molar-refractivity contribution in [2.24, 2.45) is 5.73 Å². The Labute approximate surface area is 97.8 Å². The fourth-order valence-electron chi connectivity index (χ4n) is 2.53. The molecule has 0 saturated heterocycles. The van der Waals surface area contributed by atoms with E-state index >= 15 is 0 Å². The molecular formula is C14H21NO. The summed E-state index contributed by atoms with van der Waals surface area (Å²) in [5, 5.41) is 0. The van der Waals surface area contributed by atoms with Crippen LogP contribution in [-0.4, -0.2) is 13.7 Å². The molecule has 0 aromatic heterocycles. The highest BCUT2D eigenvalue weighted by Crippen LogP contribution is 2.27. The van der Waals surface area contributed by atoms with E-state index in [1.807, 2.05) is 0 Å². The maximum atomic E-state index is 5.60. The van der Waals surface area contributed by atoms with Gasteiger partial charge in [-0.15, -0.1) is 0 Å². The lowest BCUT2D eigenvalue weighted by atomic mass is 9.89. The van der Waals surface area contributed by atoms with Crippen LogP contribution in [-0.2, 0) is 17.6 Å². The average molecular weight is 219 g/mol. The Hall–Kier alpha value is -0.860. The Bertz CT molecular complexity index is 349. The highest BCUT2D eigenvalue weighted by molar-refractivity contribution is 5.34. The van der Waals surface area contributed by atoms with Crippen LogP contribution < -0.4 is 5.73 Å². The molecule has 0 spiro atoms. The van der Waals surface area contributed by atoms with Gasteiger partial charge < -0.3 is 10.5 Å². The van der Waals surface area contributed by atoms with E-state index < -0.39 is 0 Å². The van der Waals surface area contributed by atoms with Gasteiger partial charge in [0.2, 0.25) is 0 Å². The summed E-state index contributed by atoms with van der Waals surface area (Å²) >= 11 is 0. The van der Waals surface area contributed by atoms with Crippen molar-refractivity contribution in [3.05, 3.63) is 34.9 Å². The van der Waals surface area contributed by atoms with Crippen LogP contribution in [0, 0.1) is 0 Å². The number of methoxy groups -OCH3 is 1. The second kappa shape index (κ2) is 5.46. The molecule has 88 valence electrons. The molecule has 1 aliphatic rings. The van der Waals surface area contributed by atoms with Crippen molar-refractivity contribution in [3.8, 4) is 0 Å². The van der Waals surface area contributed by atoms with E-state index in [0.717, 1.165) is 6.42 Å². The lowest BCUT2D eigenvalue weighted by Gasteiger charge is -2.20. The summed E-state index contributed by atoms with van der Waals surface area (Å²) < 4.78 is 5.49. The monoisotopic (exact) mass is 219 g/mol. The highest BCUT2D eigenvalue weighted by atomic mass is 16.5. The summed E-state index contributed by atoms with van der Waals surface area (Å²) in [5.74, 6) is 0. The zero-order valence-electron chi connectivity index (χ0n) is 10.0. The predicted octanol–water partition coefficient (Wildman–Crippen LogP) is 2.60. The molecule has 16 heavy (non-hydrogen) atoms. The molecule has 0 aliphatic heterocycles. The molecular weight excluding hydrogens is 198 g/mol. The predicted molar refractivity (Wildman–Crippen MR) is 66.5 cm³/mol. The molecule has 2 heteroatoms. The molecule has 0 radical (unpaired) electrons. The van der Waals surface area contributed by atoms with Gasteiger partial charge in [0.25, 0.3) is 0 Å². The van der Waals surface area contributed by atoms with E-state index in [2.05, 4.69) is 18.2 Å². The SMILES string of the molecule is COC(CCN)c1ccc2c(c1)CCCC2. The number of fused-ring (bicyclic) bond motifs is 1. The van der Waals surface area contributed by atoms with Gasteiger partial charge in [0, 0.05) is 7.11 Å². The third kappa shape index (κ3) is 2.45. The van der Waals surface area contributed by atoms with Gasteiger partial charge in [0.15, 0.2) is 0 Å². The number of benzene rings is 1. The largest absolute Gasteiger partial charge is 0.377 e. The normalized spacial score (nSPS) is 16.9. The van der Waals surface area contributed by atoms with Crippen molar-refractivity contribution < 1.29 is 4.74 Å². The van der Waals surface area contributed by atoms with Gasteiger partial charge in [-0.2, -0.15) is 0 Å². The van der Waals surface area contributed by atoms with Gasteiger partial charge in [0.05, 0.1) is 6.10 Å². The van der Waals surface area contributed by atoms with Gasteiger partial charge in [-0.1, -0.05) is 18.2 Å². The Balaban J connectivity index is 2.21. The van der Waals surface area contributed by atoms with Crippen molar-refractivity contribution in [1.29, 1.82) is 0 Å². The van der Waals surface area contributed by atoms with Crippen molar-refractivity contribution in [3.63, 3.8) is 0 Å². The van der Waals surface area contributed by atoms with Crippen LogP contribution in [0.2, 0.25) is 0 Å². The minimum atomic E-state index is 0.164. The summed E-state index contributed by atoms with van der Waals surface area (Å²) in [6, 6.07) is 6.79. The number of hydrogen-bond acceptors (Lipinski definition) is 2. The van der Waals surface area contributed by atoms with Crippen molar-refractivity contribution >= 4 is 0 Å². The smallest absolute Gasteiger partial charge is 0.0833 e. The minimum Gasteiger partial charge on any atom is -0.377 e. The van der Waals surface area contributed by atoms with E-state index in [1.165, 1.54) is 42.4 Å². The Kier molecular flexibility index (Phi) is 3.97. The second-order valence-electron chi connectivity index (χ2n) is 4.54. The van der Waals surface area contributed by atoms with Crippen LogP contribution in [0.3, 0.4) is 0 Å². The maximum Gasteiger partial charge on any atom is 0.0833 e. The Morgan fingerprint density at radius 1 is 1.25 bits per heavy atom. The highest BCUT2D eigenvalue weighted by Gasteiger charge is 2.14. The summed E-state index contributed by atoms with van der Waals surface area (Å²) in [7, 11) is 1.76. The molecule has 1 atom stereocenters. The lowest BCUT2D eigenvalue weighted by molar-refractivity contribution is 0.0977. The van der Waals surface area contributed by atoms with Crippen molar-refractivity contribution in [1.82, 2.24) is 0 Å². The number of rotatable bonds is 4. The number of ether oxygens (including phenoxy) is 1. The van der Waals surface area contributed by atoms with E-state index in [-0.39, 0.29) is 6.10 Å². The molecule has 1 aromatic rings. The molecule has 0 bridgehead atoms. The molecule has 0 saturated carbocycles. The van der Waals surface area contributed by atoms with Gasteiger partial charge in [0.1, 0.15) is 0 Å². The van der Waals surface area contributed by atoms with Crippen molar-refractivity contribution in [2.75, 3.05) is 13.7 Å². The molecule has 0 amide bonds. The first-order valence-electron chi connectivity index (χ1n) is 6.19. The summed E-state index contributed by atoms with van der Waals surface area (Å²) in [4.78, 5) is 0. The average Bonchev–Trinajstić information content (AvgIpc) is 2.35. The zero-order valence-corrected chi connectivity index (χ0v) is 10.0. The van der Waals surface area contributed by atoms with E-state index in [0.29, 0.717) is 6.54 Å². The number of nitrogens with two attached hydrogens (primary N) is 1. The third-order valence-corrected chi connectivity index (χ3v) is 3.46. The molecule has 0 heterocycles. The topological polar surface area (TPSA) is 35.2 Å². The maximum absolute atomic E-state index is 5.60. The molecule has 2 rings (SSSR count). The summed E-state index contributed by atoms with van der Waals surface area (Å²) in [6.45, 7) is 0.676. The number of hydrogen-bond donors (Lipinski definition) is 1. The van der Waals surface area contributed by atoms with Crippen LogP contribution in [0.15, 0.2) is 18.2 Å². The van der Waals surface area contributed by atoms with Gasteiger partial charge in [-0.05, 0) is 55.3 Å². The van der Waals surface area contributed by atoms with Crippen molar-refractivity contribution in [2.45, 2.75) is 38.2 Å². The standard InChI is InChI=1S/C14H21NO/c1-16-14(8-9-15)13-7-6-11-4-2-3-5-12(11)10-13/h6-7,10,14H,2-5,8-9,15H2,1H3. The first-order chi connectivity index (χ1) is 7.85. The van der Waals surface area contributed by atoms with Gasteiger partial charge in [-0.25, -0.2) is 0 Å². The van der Waals surface area contributed by atoms with Crippen LogP contribution in [0.5, 0.6) is 0 Å². The summed E-state index contributed by atoms with van der Waals surface area (Å²) in [6.07, 6.45) is 6.19. The zero-order chi connectivity index (χ0) is 11.4.